The molecular weight excluding hydrogens is 453 g/mol. The van der Waals surface area contributed by atoms with Crippen molar-refractivity contribution < 1.29 is 32.2 Å². The van der Waals surface area contributed by atoms with E-state index in [4.69, 9.17) is 10.5 Å². The van der Waals surface area contributed by atoms with Crippen LogP contribution in [0.4, 0.5) is 13.2 Å². The number of carbonyl (C=O) groups is 2. The number of nitrogens with zero attached hydrogens (tertiary/aromatic N) is 2. The molecule has 8 nitrogen and oxygen atoms in total. The molecule has 1 aliphatic carbocycles. The van der Waals surface area contributed by atoms with Gasteiger partial charge in [-0.2, -0.15) is 0 Å². The van der Waals surface area contributed by atoms with Crippen LogP contribution >= 0.6 is 0 Å². The smallest absolute Gasteiger partial charge is 0.487 e. The van der Waals surface area contributed by atoms with E-state index in [0.717, 1.165) is 0 Å². The minimum absolute atomic E-state index is 0.104. The van der Waals surface area contributed by atoms with E-state index in [2.05, 4.69) is 15.0 Å². The van der Waals surface area contributed by atoms with Crippen LogP contribution in [0.1, 0.15) is 58.6 Å². The van der Waals surface area contributed by atoms with Gasteiger partial charge >= 0.3 is 6.36 Å². The molecule has 0 spiro atoms. The van der Waals surface area contributed by atoms with Crippen LogP contribution < -0.4 is 20.5 Å². The predicted molar refractivity (Wildman–Crippen MR) is 117 cm³/mol. The molecule has 186 valence electrons. The van der Waals surface area contributed by atoms with Crippen LogP contribution in [0.25, 0.3) is 0 Å². The van der Waals surface area contributed by atoms with E-state index in [1.807, 2.05) is 13.8 Å². The molecule has 4 rings (SSSR count). The summed E-state index contributed by atoms with van der Waals surface area (Å²) in [6.07, 6.45) is -3.84. The van der Waals surface area contributed by atoms with Crippen LogP contribution in [-0.4, -0.2) is 46.7 Å². The maximum Gasteiger partial charge on any atom is 0.573 e. The lowest BCUT2D eigenvalue weighted by atomic mass is 9.89. The quantitative estimate of drug-likeness (QED) is 0.670. The zero-order chi connectivity index (χ0) is 25.1. The third-order valence-corrected chi connectivity index (χ3v) is 6.25. The van der Waals surface area contributed by atoms with E-state index in [1.165, 1.54) is 17.0 Å². The summed E-state index contributed by atoms with van der Waals surface area (Å²) >= 11 is 0. The highest BCUT2D eigenvalue weighted by molar-refractivity contribution is 5.99. The molecule has 0 unspecified atom stereocenters. The Kier molecular flexibility index (Phi) is 5.72. The van der Waals surface area contributed by atoms with E-state index in [-0.39, 0.29) is 60.3 Å². The Labute approximate surface area is 195 Å². The maximum absolute atomic E-state index is 13.0. The van der Waals surface area contributed by atoms with Crippen molar-refractivity contribution in [1.82, 2.24) is 10.2 Å². The number of amides is 2. The van der Waals surface area contributed by atoms with Crippen LogP contribution in [0.2, 0.25) is 0 Å². The Morgan fingerprint density at radius 1 is 1.32 bits per heavy atom. The number of alkyl halides is 3. The highest BCUT2D eigenvalue weighted by Gasteiger charge is 2.48. The highest BCUT2D eigenvalue weighted by atomic mass is 19.4. The van der Waals surface area contributed by atoms with E-state index >= 15 is 0 Å². The van der Waals surface area contributed by atoms with Crippen LogP contribution in [0.3, 0.4) is 0 Å². The number of guanidine groups is 1. The topological polar surface area (TPSA) is 106 Å². The number of halogens is 3. The van der Waals surface area contributed by atoms with Crippen molar-refractivity contribution in [3.05, 3.63) is 23.8 Å². The molecule has 11 heteroatoms. The average molecular weight is 483 g/mol. The Bertz CT molecular complexity index is 1040. The lowest BCUT2D eigenvalue weighted by molar-refractivity contribution is -0.275. The van der Waals surface area contributed by atoms with Gasteiger partial charge in [-0.25, -0.2) is 4.99 Å². The summed E-state index contributed by atoms with van der Waals surface area (Å²) in [4.78, 5) is 31.3. The molecule has 0 radical (unpaired) electrons. The van der Waals surface area contributed by atoms with Crippen LogP contribution in [0.5, 0.6) is 11.5 Å². The molecule has 3 atom stereocenters. The molecule has 2 aliphatic heterocycles. The van der Waals surface area contributed by atoms with Gasteiger partial charge in [0, 0.05) is 18.9 Å². The van der Waals surface area contributed by atoms with Gasteiger partial charge in [-0.15, -0.1) is 13.2 Å². The molecule has 0 saturated heterocycles. The van der Waals surface area contributed by atoms with Gasteiger partial charge in [-0.3, -0.25) is 14.5 Å². The third-order valence-electron chi connectivity index (χ3n) is 6.25. The van der Waals surface area contributed by atoms with Gasteiger partial charge in [0.05, 0.1) is 23.6 Å². The van der Waals surface area contributed by atoms with Gasteiger partial charge < -0.3 is 20.5 Å². The first-order valence-corrected chi connectivity index (χ1v) is 11.2. The highest BCUT2D eigenvalue weighted by Crippen LogP contribution is 2.47. The molecule has 0 aromatic heterocycles. The van der Waals surface area contributed by atoms with Gasteiger partial charge in [0.2, 0.25) is 11.8 Å². The van der Waals surface area contributed by atoms with Crippen molar-refractivity contribution in [2.24, 2.45) is 22.6 Å². The Hall–Kier alpha value is -2.98. The van der Waals surface area contributed by atoms with Crippen molar-refractivity contribution in [3.8, 4) is 11.5 Å². The lowest BCUT2D eigenvalue weighted by Gasteiger charge is -2.38. The van der Waals surface area contributed by atoms with E-state index < -0.39 is 29.3 Å². The second-order valence-corrected chi connectivity index (χ2v) is 10.4. The van der Waals surface area contributed by atoms with Gasteiger partial charge in [-0.05, 0) is 52.2 Å². The number of nitrogens with two attached hydrogens (primary N) is 1. The number of hydrogen-bond donors (Lipinski definition) is 2. The Morgan fingerprint density at radius 2 is 2.03 bits per heavy atom. The largest absolute Gasteiger partial charge is 0.573 e. The first kappa shape index (κ1) is 24.2. The number of hydrogen-bond acceptors (Lipinski definition) is 6. The van der Waals surface area contributed by atoms with Crippen molar-refractivity contribution in [3.63, 3.8) is 0 Å². The average Bonchev–Trinajstić information content (AvgIpc) is 3.41. The van der Waals surface area contributed by atoms with Gasteiger partial charge in [0.15, 0.2) is 5.96 Å². The van der Waals surface area contributed by atoms with Crippen LogP contribution in [-0.2, 0) is 9.59 Å². The number of carbonyl (C=O) groups excluding carboxylic acids is 2. The van der Waals surface area contributed by atoms with Crippen molar-refractivity contribution in [2.75, 3.05) is 6.54 Å². The molecule has 34 heavy (non-hydrogen) atoms. The molecule has 1 aromatic carbocycles. The summed E-state index contributed by atoms with van der Waals surface area (Å²) in [5.41, 5.74) is 4.87. The number of benzene rings is 1. The molecule has 2 amide bonds. The number of aliphatic imine (C=N–C) groups is 1. The number of rotatable bonds is 5. The summed E-state index contributed by atoms with van der Waals surface area (Å²) in [5.74, 6) is -0.932. The first-order valence-electron chi connectivity index (χ1n) is 11.2. The monoisotopic (exact) mass is 482 g/mol. The maximum atomic E-state index is 13.0. The minimum atomic E-state index is -4.88. The minimum Gasteiger partial charge on any atom is -0.487 e. The number of nitrogens with one attached hydrogen (secondary N) is 1. The summed E-state index contributed by atoms with van der Waals surface area (Å²) in [5, 5.41) is 2.89. The van der Waals surface area contributed by atoms with Crippen molar-refractivity contribution in [2.45, 2.75) is 70.5 Å². The normalized spacial score (nSPS) is 27.3. The lowest BCUT2D eigenvalue weighted by Crippen LogP contribution is -2.50. The molecular formula is C23H29F3N4O4. The molecule has 2 heterocycles. The SMILES string of the molecule is CC1(C)CC(=O)N(C[C@@H]2C[C@H]2C(=O)N[C@H]2CC(C)(C)Oc3cccc(OC(F)(F)F)c32)C(N)=N1. The van der Waals surface area contributed by atoms with Crippen LogP contribution in [0.15, 0.2) is 23.2 Å². The summed E-state index contributed by atoms with van der Waals surface area (Å²) in [6, 6.07) is 3.46. The van der Waals surface area contributed by atoms with Crippen molar-refractivity contribution >= 4 is 17.8 Å². The summed E-state index contributed by atoms with van der Waals surface area (Å²) < 4.78 is 49.0. The number of ether oxygens (including phenoxy) is 2. The second-order valence-electron chi connectivity index (χ2n) is 10.4. The van der Waals surface area contributed by atoms with Gasteiger partial charge in [0.25, 0.3) is 0 Å². The Morgan fingerprint density at radius 3 is 2.68 bits per heavy atom. The second kappa shape index (κ2) is 8.06. The fourth-order valence-electron chi connectivity index (χ4n) is 4.71. The first-order chi connectivity index (χ1) is 15.6. The standard InChI is InChI=1S/C23H29F3N4O4/c1-21(2)10-17(31)30(20(27)29-21)11-12-8-13(12)19(32)28-14-9-22(3,4)33-15-6-5-7-16(18(14)15)34-23(24,25)26/h5-7,12-14H,8-11H2,1-4H3,(H2,27,29)(H,28,32)/t12-,13+,14-/m0/s1. The molecule has 1 fully saturated rings. The summed E-state index contributed by atoms with van der Waals surface area (Å²) in [7, 11) is 0. The fourth-order valence-corrected chi connectivity index (χ4v) is 4.71. The van der Waals surface area contributed by atoms with E-state index in [9.17, 15) is 22.8 Å². The zero-order valence-electron chi connectivity index (χ0n) is 19.5. The predicted octanol–water partition coefficient (Wildman–Crippen LogP) is 3.27. The molecule has 1 aromatic rings. The van der Waals surface area contributed by atoms with Crippen molar-refractivity contribution in [1.29, 1.82) is 0 Å². The van der Waals surface area contributed by atoms with Gasteiger partial charge in [-0.1, -0.05) is 6.07 Å². The molecule has 0 bridgehead atoms. The Balaban J connectivity index is 1.48. The third kappa shape index (κ3) is 5.23. The molecule has 1 saturated carbocycles. The molecule has 3 aliphatic rings. The van der Waals surface area contributed by atoms with Gasteiger partial charge in [0.1, 0.15) is 17.1 Å². The van der Waals surface area contributed by atoms with E-state index in [0.29, 0.717) is 6.42 Å². The summed E-state index contributed by atoms with van der Waals surface area (Å²) in [6.45, 7) is 7.54. The molecule has 3 N–H and O–H groups in total. The zero-order valence-corrected chi connectivity index (χ0v) is 19.5. The van der Waals surface area contributed by atoms with Crippen LogP contribution in [0, 0.1) is 11.8 Å². The fraction of sp³-hybridized carbons (Fsp3) is 0.609. The van der Waals surface area contributed by atoms with E-state index in [1.54, 1.807) is 19.9 Å². The number of fused-ring (bicyclic) bond motifs is 1.